The van der Waals surface area contributed by atoms with Crippen molar-refractivity contribution in [2.75, 3.05) is 27.2 Å². The molecular weight excluding hydrogens is 485 g/mol. The van der Waals surface area contributed by atoms with Crippen molar-refractivity contribution in [3.63, 3.8) is 0 Å². The zero-order chi connectivity index (χ0) is 19.1. The molecule has 3 aromatic rings. The standard InChI is InChI=1S/C21H25N3O2S.HI/c1-22-21(23-12-11-15-7-3-5-9-18(15)26-2)24-14-17(25)20-13-16-8-4-6-10-19(16)27-20;/h3-10,13,17,25H,11-12,14H2,1-2H3,(H2,22,23,24);1H. The SMILES string of the molecule is CN=C(NCCc1ccccc1OC)NCC(O)c1cc2ccccc2s1.I. The first-order valence-corrected chi connectivity index (χ1v) is 9.76. The number of halogens is 1. The molecule has 0 spiro atoms. The molecule has 0 saturated carbocycles. The van der Waals surface area contributed by atoms with Crippen LogP contribution < -0.4 is 15.4 Å². The van der Waals surface area contributed by atoms with E-state index in [1.807, 2.05) is 36.4 Å². The Hall–Kier alpha value is -1.84. The number of guanidine groups is 1. The van der Waals surface area contributed by atoms with E-state index in [9.17, 15) is 5.11 Å². The predicted molar refractivity (Wildman–Crippen MR) is 128 cm³/mol. The number of ether oxygens (including phenoxy) is 1. The van der Waals surface area contributed by atoms with E-state index in [1.54, 1.807) is 25.5 Å². The van der Waals surface area contributed by atoms with Gasteiger partial charge in [-0.3, -0.25) is 4.99 Å². The van der Waals surface area contributed by atoms with Gasteiger partial charge in [-0.25, -0.2) is 0 Å². The van der Waals surface area contributed by atoms with E-state index < -0.39 is 6.10 Å². The average molecular weight is 511 g/mol. The number of aliphatic imine (C=N–C) groups is 1. The number of fused-ring (bicyclic) bond motifs is 1. The summed E-state index contributed by atoms with van der Waals surface area (Å²) >= 11 is 1.62. The second kappa shape index (κ2) is 11.2. The summed E-state index contributed by atoms with van der Waals surface area (Å²) in [5, 5.41) is 18.1. The lowest BCUT2D eigenvalue weighted by molar-refractivity contribution is 0.184. The lowest BCUT2D eigenvalue weighted by atomic mass is 10.1. The van der Waals surface area contributed by atoms with E-state index >= 15 is 0 Å². The number of aliphatic hydroxyl groups is 1. The Kier molecular flexibility index (Phi) is 9.01. The van der Waals surface area contributed by atoms with Crippen molar-refractivity contribution in [3.8, 4) is 5.75 Å². The van der Waals surface area contributed by atoms with Gasteiger partial charge >= 0.3 is 0 Å². The van der Waals surface area contributed by atoms with Gasteiger partial charge in [0.15, 0.2) is 5.96 Å². The predicted octanol–water partition coefficient (Wildman–Crippen LogP) is 3.97. The third kappa shape index (κ3) is 5.83. The summed E-state index contributed by atoms with van der Waals surface area (Å²) < 4.78 is 6.56. The van der Waals surface area contributed by atoms with Crippen molar-refractivity contribution >= 4 is 51.4 Å². The van der Waals surface area contributed by atoms with Crippen LogP contribution in [0.25, 0.3) is 10.1 Å². The van der Waals surface area contributed by atoms with E-state index in [4.69, 9.17) is 4.74 Å². The first-order valence-electron chi connectivity index (χ1n) is 8.94. The zero-order valence-corrected chi connectivity index (χ0v) is 19.2. The van der Waals surface area contributed by atoms with Gasteiger partial charge in [0.25, 0.3) is 0 Å². The van der Waals surface area contributed by atoms with Gasteiger partial charge < -0.3 is 20.5 Å². The fraction of sp³-hybridized carbons (Fsp3) is 0.286. The topological polar surface area (TPSA) is 65.9 Å². The highest BCUT2D eigenvalue weighted by atomic mass is 127. The Labute approximate surface area is 186 Å². The number of hydrogen-bond acceptors (Lipinski definition) is 4. The van der Waals surface area contributed by atoms with Crippen molar-refractivity contribution in [2.45, 2.75) is 12.5 Å². The highest BCUT2D eigenvalue weighted by Gasteiger charge is 2.12. The summed E-state index contributed by atoms with van der Waals surface area (Å²) in [6.07, 6.45) is 0.249. The van der Waals surface area contributed by atoms with Gasteiger partial charge in [0, 0.05) is 29.7 Å². The fourth-order valence-corrected chi connectivity index (χ4v) is 3.96. The van der Waals surface area contributed by atoms with Crippen LogP contribution in [0.15, 0.2) is 59.6 Å². The molecule has 0 saturated heterocycles. The molecule has 0 bridgehead atoms. The minimum atomic E-state index is -0.574. The molecule has 1 unspecified atom stereocenters. The molecule has 150 valence electrons. The fourth-order valence-electron chi connectivity index (χ4n) is 2.91. The molecule has 7 heteroatoms. The van der Waals surface area contributed by atoms with E-state index in [0.717, 1.165) is 34.5 Å². The average Bonchev–Trinajstić information content (AvgIpc) is 3.15. The van der Waals surface area contributed by atoms with Crippen molar-refractivity contribution in [1.29, 1.82) is 0 Å². The molecule has 3 rings (SSSR count). The second-order valence-corrected chi connectivity index (χ2v) is 7.26. The van der Waals surface area contributed by atoms with Crippen molar-refractivity contribution in [2.24, 2.45) is 4.99 Å². The highest BCUT2D eigenvalue weighted by Crippen LogP contribution is 2.29. The van der Waals surface area contributed by atoms with Crippen LogP contribution in [0.5, 0.6) is 5.75 Å². The maximum absolute atomic E-state index is 10.5. The molecule has 1 heterocycles. The summed E-state index contributed by atoms with van der Waals surface area (Å²) in [6.45, 7) is 1.13. The van der Waals surface area contributed by atoms with Crippen LogP contribution in [0.3, 0.4) is 0 Å². The monoisotopic (exact) mass is 511 g/mol. The van der Waals surface area contributed by atoms with Gasteiger partial charge in [-0.05, 0) is 35.6 Å². The Balaban J connectivity index is 0.00000280. The Morgan fingerprint density at radius 2 is 1.89 bits per heavy atom. The minimum absolute atomic E-state index is 0. The Morgan fingerprint density at radius 1 is 1.14 bits per heavy atom. The number of rotatable bonds is 7. The summed E-state index contributed by atoms with van der Waals surface area (Å²) in [4.78, 5) is 5.18. The van der Waals surface area contributed by atoms with E-state index in [2.05, 4.69) is 33.8 Å². The molecule has 2 aromatic carbocycles. The lowest BCUT2D eigenvalue weighted by Gasteiger charge is -2.15. The molecule has 0 amide bonds. The summed E-state index contributed by atoms with van der Waals surface area (Å²) in [5.74, 6) is 1.56. The quantitative estimate of drug-likeness (QED) is 0.255. The van der Waals surface area contributed by atoms with Crippen molar-refractivity contribution < 1.29 is 9.84 Å². The van der Waals surface area contributed by atoms with Gasteiger partial charge in [-0.15, -0.1) is 35.3 Å². The maximum atomic E-state index is 10.5. The van der Waals surface area contributed by atoms with Crippen molar-refractivity contribution in [3.05, 3.63) is 65.0 Å². The van der Waals surface area contributed by atoms with Crippen LogP contribution in [0.1, 0.15) is 16.5 Å². The first kappa shape index (κ1) is 22.4. The summed E-state index contributed by atoms with van der Waals surface area (Å²) in [6, 6.07) is 18.2. The first-order chi connectivity index (χ1) is 13.2. The number of thiophene rings is 1. The van der Waals surface area contributed by atoms with E-state index in [-0.39, 0.29) is 24.0 Å². The smallest absolute Gasteiger partial charge is 0.191 e. The lowest BCUT2D eigenvalue weighted by Crippen LogP contribution is -2.40. The highest BCUT2D eigenvalue weighted by molar-refractivity contribution is 14.0. The summed E-state index contributed by atoms with van der Waals surface area (Å²) in [5.41, 5.74) is 1.15. The van der Waals surface area contributed by atoms with E-state index in [0.29, 0.717) is 12.5 Å². The van der Waals surface area contributed by atoms with Crippen LogP contribution >= 0.6 is 35.3 Å². The molecule has 1 atom stereocenters. The minimum Gasteiger partial charge on any atom is -0.496 e. The number of nitrogens with one attached hydrogen (secondary N) is 2. The second-order valence-electron chi connectivity index (χ2n) is 6.14. The van der Waals surface area contributed by atoms with Gasteiger partial charge in [0.1, 0.15) is 11.9 Å². The molecule has 0 aliphatic carbocycles. The number of para-hydroxylation sites is 1. The third-order valence-electron chi connectivity index (χ3n) is 4.34. The molecule has 0 aliphatic heterocycles. The van der Waals surface area contributed by atoms with Crippen molar-refractivity contribution in [1.82, 2.24) is 10.6 Å². The number of aliphatic hydroxyl groups excluding tert-OH is 1. The van der Waals surface area contributed by atoms with Gasteiger partial charge in [0.2, 0.25) is 0 Å². The number of hydrogen-bond donors (Lipinski definition) is 3. The van der Waals surface area contributed by atoms with Gasteiger partial charge in [-0.2, -0.15) is 0 Å². The largest absolute Gasteiger partial charge is 0.496 e. The van der Waals surface area contributed by atoms with E-state index in [1.165, 1.54) is 4.70 Å². The van der Waals surface area contributed by atoms with Crippen LogP contribution in [-0.4, -0.2) is 38.3 Å². The number of benzene rings is 2. The zero-order valence-electron chi connectivity index (χ0n) is 16.0. The Bertz CT molecular complexity index is 880. The summed E-state index contributed by atoms with van der Waals surface area (Å²) in [7, 11) is 3.41. The van der Waals surface area contributed by atoms with Gasteiger partial charge in [-0.1, -0.05) is 36.4 Å². The van der Waals surface area contributed by atoms with Crippen LogP contribution in [0.2, 0.25) is 0 Å². The molecule has 1 aromatic heterocycles. The number of nitrogens with zero attached hydrogens (tertiary/aromatic N) is 1. The number of methoxy groups -OCH3 is 1. The van der Waals surface area contributed by atoms with Crippen LogP contribution in [0, 0.1) is 0 Å². The molecule has 28 heavy (non-hydrogen) atoms. The Morgan fingerprint density at radius 3 is 2.64 bits per heavy atom. The molecule has 3 N–H and O–H groups in total. The van der Waals surface area contributed by atoms with Crippen LogP contribution in [-0.2, 0) is 6.42 Å². The molecule has 0 aliphatic rings. The van der Waals surface area contributed by atoms with Crippen LogP contribution in [0.4, 0.5) is 0 Å². The molecule has 5 nitrogen and oxygen atoms in total. The molecule has 0 radical (unpaired) electrons. The molecule has 0 fully saturated rings. The maximum Gasteiger partial charge on any atom is 0.191 e. The van der Waals surface area contributed by atoms with Gasteiger partial charge in [0.05, 0.1) is 7.11 Å². The third-order valence-corrected chi connectivity index (χ3v) is 5.56. The molecular formula is C21H26IN3O2S. The normalized spacial score (nSPS) is 12.3.